The van der Waals surface area contributed by atoms with Crippen LogP contribution in [-0.4, -0.2) is 22.8 Å². The van der Waals surface area contributed by atoms with Crippen molar-refractivity contribution in [3.63, 3.8) is 0 Å². The van der Waals surface area contributed by atoms with E-state index >= 15 is 0 Å². The predicted molar refractivity (Wildman–Crippen MR) is 45.8 cm³/mol. The van der Waals surface area contributed by atoms with E-state index in [-0.39, 0.29) is 6.04 Å². The molecule has 2 N–H and O–H groups in total. The second kappa shape index (κ2) is 3.47. The number of ether oxygens (including phenoxy) is 1. The largest absolute Gasteiger partial charge is 0.381 e. The van der Waals surface area contributed by atoms with E-state index in [0.29, 0.717) is 5.92 Å². The summed E-state index contributed by atoms with van der Waals surface area (Å²) in [6.07, 6.45) is 2.80. The molecule has 1 aromatic heterocycles. The summed E-state index contributed by atoms with van der Waals surface area (Å²) in [5.41, 5.74) is 6.00. The van der Waals surface area contributed by atoms with Gasteiger partial charge >= 0.3 is 0 Å². The number of nitrogens with zero attached hydrogens (tertiary/aromatic N) is 2. The van der Waals surface area contributed by atoms with Gasteiger partial charge in [-0.05, 0) is 18.0 Å². The van der Waals surface area contributed by atoms with Crippen LogP contribution in [0.2, 0.25) is 0 Å². The van der Waals surface area contributed by atoms with E-state index in [9.17, 15) is 0 Å². The van der Waals surface area contributed by atoms with Crippen LogP contribution in [0.25, 0.3) is 0 Å². The molecule has 2 unspecified atom stereocenters. The molecular formula is C7H11N3OS. The minimum Gasteiger partial charge on any atom is -0.381 e. The first-order valence-electron chi connectivity index (χ1n) is 3.98. The Hall–Kier alpha value is -0.520. The highest BCUT2D eigenvalue weighted by Crippen LogP contribution is 2.27. The quantitative estimate of drug-likeness (QED) is 0.732. The third-order valence-electron chi connectivity index (χ3n) is 2.18. The molecule has 1 aliphatic heterocycles. The van der Waals surface area contributed by atoms with Gasteiger partial charge in [0.05, 0.1) is 17.7 Å². The van der Waals surface area contributed by atoms with Gasteiger partial charge in [0.25, 0.3) is 0 Å². The average Bonchev–Trinajstić information content (AvgIpc) is 2.77. The summed E-state index contributed by atoms with van der Waals surface area (Å²) in [5, 5.41) is 3.76. The maximum absolute atomic E-state index is 6.00. The molecule has 5 heteroatoms. The molecule has 2 rings (SSSR count). The number of rotatable bonds is 2. The number of nitrogens with two attached hydrogens (primary N) is 1. The molecule has 2 atom stereocenters. The monoisotopic (exact) mass is 185 g/mol. The van der Waals surface area contributed by atoms with Crippen molar-refractivity contribution in [2.24, 2.45) is 11.7 Å². The Balaban J connectivity index is 2.04. The summed E-state index contributed by atoms with van der Waals surface area (Å²) in [5.74, 6) is 0.451. The third kappa shape index (κ3) is 1.48. The third-order valence-corrected chi connectivity index (χ3v) is 2.94. The van der Waals surface area contributed by atoms with E-state index in [1.807, 2.05) is 0 Å². The van der Waals surface area contributed by atoms with Gasteiger partial charge in [0.15, 0.2) is 0 Å². The fourth-order valence-electron chi connectivity index (χ4n) is 1.39. The average molecular weight is 185 g/mol. The van der Waals surface area contributed by atoms with Crippen LogP contribution in [0.4, 0.5) is 0 Å². The standard InChI is InChI=1S/C7H11N3OS/c8-7(5-1-2-11-4-5)6-3-9-10-12-6/h3,5,7H,1-2,4,8H2. The van der Waals surface area contributed by atoms with Crippen LogP contribution < -0.4 is 5.73 Å². The van der Waals surface area contributed by atoms with Crippen molar-refractivity contribution in [3.05, 3.63) is 11.1 Å². The van der Waals surface area contributed by atoms with Crippen LogP contribution >= 0.6 is 11.5 Å². The van der Waals surface area contributed by atoms with Gasteiger partial charge in [-0.3, -0.25) is 0 Å². The van der Waals surface area contributed by atoms with Crippen molar-refractivity contribution in [1.82, 2.24) is 9.59 Å². The Kier molecular flexibility index (Phi) is 2.34. The van der Waals surface area contributed by atoms with Gasteiger partial charge in [-0.2, -0.15) is 0 Å². The number of hydrogen-bond acceptors (Lipinski definition) is 5. The molecular weight excluding hydrogens is 174 g/mol. The second-order valence-corrected chi connectivity index (χ2v) is 3.79. The molecule has 0 aromatic carbocycles. The Labute approximate surface area is 74.9 Å². The molecule has 0 amide bonds. The van der Waals surface area contributed by atoms with E-state index in [1.54, 1.807) is 6.20 Å². The Morgan fingerprint density at radius 3 is 3.25 bits per heavy atom. The molecule has 0 radical (unpaired) electrons. The zero-order valence-electron chi connectivity index (χ0n) is 6.64. The fourth-order valence-corrected chi connectivity index (χ4v) is 1.99. The van der Waals surface area contributed by atoms with Crippen molar-refractivity contribution in [2.75, 3.05) is 13.2 Å². The molecule has 12 heavy (non-hydrogen) atoms. The van der Waals surface area contributed by atoms with E-state index in [4.69, 9.17) is 10.5 Å². The van der Waals surface area contributed by atoms with Crippen molar-refractivity contribution >= 4 is 11.5 Å². The second-order valence-electron chi connectivity index (χ2n) is 2.97. The smallest absolute Gasteiger partial charge is 0.0669 e. The molecule has 0 spiro atoms. The highest BCUT2D eigenvalue weighted by Gasteiger charge is 2.25. The lowest BCUT2D eigenvalue weighted by Crippen LogP contribution is -2.20. The normalized spacial score (nSPS) is 25.9. The Morgan fingerprint density at radius 2 is 2.67 bits per heavy atom. The zero-order valence-corrected chi connectivity index (χ0v) is 7.46. The predicted octanol–water partition coefficient (Wildman–Crippen LogP) is 0.574. The molecule has 1 saturated heterocycles. The summed E-state index contributed by atoms with van der Waals surface area (Å²) >= 11 is 1.38. The van der Waals surface area contributed by atoms with Crippen LogP contribution in [0.15, 0.2) is 6.20 Å². The van der Waals surface area contributed by atoms with Gasteiger partial charge in [0, 0.05) is 18.6 Å². The van der Waals surface area contributed by atoms with Gasteiger partial charge in [-0.15, -0.1) is 5.10 Å². The van der Waals surface area contributed by atoms with E-state index < -0.39 is 0 Å². The topological polar surface area (TPSA) is 61.0 Å². The maximum Gasteiger partial charge on any atom is 0.0669 e. The Morgan fingerprint density at radius 1 is 1.75 bits per heavy atom. The van der Waals surface area contributed by atoms with Gasteiger partial charge in [-0.25, -0.2) is 0 Å². The zero-order chi connectivity index (χ0) is 8.39. The van der Waals surface area contributed by atoms with Crippen LogP contribution in [0.3, 0.4) is 0 Å². The summed E-state index contributed by atoms with van der Waals surface area (Å²) < 4.78 is 9.05. The van der Waals surface area contributed by atoms with Gasteiger partial charge in [0.2, 0.25) is 0 Å². The first-order valence-corrected chi connectivity index (χ1v) is 4.76. The number of aromatic nitrogens is 2. The van der Waals surface area contributed by atoms with E-state index in [1.165, 1.54) is 11.5 Å². The Bertz CT molecular complexity index is 233. The molecule has 1 fully saturated rings. The molecule has 2 heterocycles. The van der Waals surface area contributed by atoms with Crippen molar-refractivity contribution in [1.29, 1.82) is 0 Å². The summed E-state index contributed by atoms with van der Waals surface area (Å²) in [6.45, 7) is 1.61. The fraction of sp³-hybridized carbons (Fsp3) is 0.714. The molecule has 66 valence electrons. The molecule has 1 aliphatic rings. The minimum atomic E-state index is 0.0625. The molecule has 1 aromatic rings. The van der Waals surface area contributed by atoms with Crippen molar-refractivity contribution < 1.29 is 4.74 Å². The summed E-state index contributed by atoms with van der Waals surface area (Å²) in [4.78, 5) is 1.06. The number of hydrogen-bond donors (Lipinski definition) is 1. The van der Waals surface area contributed by atoms with E-state index in [2.05, 4.69) is 9.59 Å². The molecule has 0 saturated carbocycles. The lowest BCUT2D eigenvalue weighted by atomic mass is 9.99. The lowest BCUT2D eigenvalue weighted by molar-refractivity contribution is 0.181. The molecule has 0 bridgehead atoms. The summed E-state index contributed by atoms with van der Waals surface area (Å²) in [6, 6.07) is 0.0625. The van der Waals surface area contributed by atoms with Crippen LogP contribution in [-0.2, 0) is 4.74 Å². The highest BCUT2D eigenvalue weighted by molar-refractivity contribution is 7.05. The highest BCUT2D eigenvalue weighted by atomic mass is 32.1. The van der Waals surface area contributed by atoms with Crippen molar-refractivity contribution in [3.8, 4) is 0 Å². The first-order chi connectivity index (χ1) is 5.88. The minimum absolute atomic E-state index is 0.0625. The van der Waals surface area contributed by atoms with Crippen LogP contribution in [0.5, 0.6) is 0 Å². The van der Waals surface area contributed by atoms with Gasteiger partial charge in [0.1, 0.15) is 0 Å². The molecule has 4 nitrogen and oxygen atoms in total. The lowest BCUT2D eigenvalue weighted by Gasteiger charge is -2.13. The molecule has 0 aliphatic carbocycles. The maximum atomic E-state index is 6.00. The van der Waals surface area contributed by atoms with Gasteiger partial charge < -0.3 is 10.5 Å². The van der Waals surface area contributed by atoms with E-state index in [0.717, 1.165) is 24.5 Å². The van der Waals surface area contributed by atoms with Crippen LogP contribution in [0, 0.1) is 5.92 Å². The van der Waals surface area contributed by atoms with Crippen LogP contribution in [0.1, 0.15) is 17.3 Å². The first kappa shape index (κ1) is 8.10. The van der Waals surface area contributed by atoms with Crippen molar-refractivity contribution in [2.45, 2.75) is 12.5 Å². The SMILES string of the molecule is NC(c1cnns1)C1CCOC1. The summed E-state index contributed by atoms with van der Waals surface area (Å²) in [7, 11) is 0. The van der Waals surface area contributed by atoms with Gasteiger partial charge in [-0.1, -0.05) is 4.49 Å².